The number of nitriles is 1. The Kier molecular flexibility index (Phi) is 2.67. The Balaban J connectivity index is 2.25. The third-order valence-electron chi connectivity index (χ3n) is 4.10. The topological polar surface area (TPSA) is 57.8 Å². The van der Waals surface area contributed by atoms with Crippen LogP contribution < -0.4 is 5.32 Å². The number of halogens is 1. The highest BCUT2D eigenvalue weighted by Crippen LogP contribution is 2.42. The SMILES string of the molecule is Cn1c(C#N)ccc1-c1ccc2c(c1F)C(C)(C)C(=O)N2. The van der Waals surface area contributed by atoms with Crippen molar-refractivity contribution in [2.75, 3.05) is 5.32 Å². The molecule has 0 radical (unpaired) electrons. The van der Waals surface area contributed by atoms with E-state index in [9.17, 15) is 9.18 Å². The molecule has 0 saturated heterocycles. The summed E-state index contributed by atoms with van der Waals surface area (Å²) >= 11 is 0. The Labute approximate surface area is 121 Å². The molecule has 5 heteroatoms. The Morgan fingerprint density at radius 1 is 1.29 bits per heavy atom. The van der Waals surface area contributed by atoms with Crippen molar-refractivity contribution in [1.82, 2.24) is 4.57 Å². The maximum absolute atomic E-state index is 14.9. The zero-order chi connectivity index (χ0) is 15.4. The normalized spacial score (nSPS) is 15.5. The van der Waals surface area contributed by atoms with Gasteiger partial charge in [0.1, 0.15) is 17.6 Å². The molecule has 2 aromatic rings. The van der Waals surface area contributed by atoms with E-state index in [1.807, 2.05) is 0 Å². The van der Waals surface area contributed by atoms with Crippen molar-refractivity contribution < 1.29 is 9.18 Å². The molecule has 21 heavy (non-hydrogen) atoms. The van der Waals surface area contributed by atoms with Crippen molar-refractivity contribution in [3.8, 4) is 17.3 Å². The first kappa shape index (κ1) is 13.4. The number of hydrogen-bond donors (Lipinski definition) is 1. The molecule has 2 heterocycles. The van der Waals surface area contributed by atoms with Gasteiger partial charge in [-0.1, -0.05) is 0 Å². The van der Waals surface area contributed by atoms with Crippen LogP contribution >= 0.6 is 0 Å². The number of nitrogens with one attached hydrogen (secondary N) is 1. The summed E-state index contributed by atoms with van der Waals surface area (Å²) < 4.78 is 16.6. The second kappa shape index (κ2) is 4.19. The van der Waals surface area contributed by atoms with Gasteiger partial charge in [0.05, 0.1) is 11.1 Å². The van der Waals surface area contributed by atoms with Crippen molar-refractivity contribution in [3.05, 3.63) is 41.3 Å². The van der Waals surface area contributed by atoms with Crippen LogP contribution in [0.5, 0.6) is 0 Å². The molecule has 1 N–H and O–H groups in total. The Hall–Kier alpha value is -2.61. The van der Waals surface area contributed by atoms with Crippen molar-refractivity contribution in [1.29, 1.82) is 5.26 Å². The van der Waals surface area contributed by atoms with E-state index in [4.69, 9.17) is 5.26 Å². The molecule has 1 amide bonds. The molecule has 3 rings (SSSR count). The van der Waals surface area contributed by atoms with E-state index in [0.717, 1.165) is 0 Å². The summed E-state index contributed by atoms with van der Waals surface area (Å²) in [4.78, 5) is 11.9. The highest BCUT2D eigenvalue weighted by molar-refractivity contribution is 6.06. The van der Waals surface area contributed by atoms with Gasteiger partial charge in [-0.15, -0.1) is 0 Å². The summed E-state index contributed by atoms with van der Waals surface area (Å²) in [5.74, 6) is -0.625. The fraction of sp³-hybridized carbons (Fsp3) is 0.250. The lowest BCUT2D eigenvalue weighted by Crippen LogP contribution is -2.27. The quantitative estimate of drug-likeness (QED) is 0.874. The number of benzene rings is 1. The predicted octanol–water partition coefficient (Wildman–Crippen LogP) is 2.93. The van der Waals surface area contributed by atoms with Crippen LogP contribution in [0.4, 0.5) is 10.1 Å². The Bertz CT molecular complexity index is 812. The Morgan fingerprint density at radius 3 is 2.62 bits per heavy atom. The number of nitrogens with zero attached hydrogens (tertiary/aromatic N) is 2. The molecule has 0 saturated carbocycles. The largest absolute Gasteiger partial charge is 0.335 e. The third-order valence-corrected chi connectivity index (χ3v) is 4.10. The molecule has 1 aromatic carbocycles. The van der Waals surface area contributed by atoms with E-state index >= 15 is 0 Å². The minimum atomic E-state index is -0.904. The minimum absolute atomic E-state index is 0.210. The van der Waals surface area contributed by atoms with Gasteiger partial charge in [-0.2, -0.15) is 5.26 Å². The Morgan fingerprint density at radius 2 is 2.00 bits per heavy atom. The van der Waals surface area contributed by atoms with E-state index in [0.29, 0.717) is 28.2 Å². The number of amides is 1. The van der Waals surface area contributed by atoms with E-state index in [2.05, 4.69) is 11.4 Å². The zero-order valence-electron chi connectivity index (χ0n) is 12.0. The lowest BCUT2D eigenvalue weighted by molar-refractivity contribution is -0.119. The lowest BCUT2D eigenvalue weighted by atomic mass is 9.84. The average Bonchev–Trinajstić information content (AvgIpc) is 2.89. The number of rotatable bonds is 1. The summed E-state index contributed by atoms with van der Waals surface area (Å²) in [6, 6.07) is 8.75. The lowest BCUT2D eigenvalue weighted by Gasteiger charge is -2.17. The first-order valence-electron chi connectivity index (χ1n) is 6.58. The van der Waals surface area contributed by atoms with Gasteiger partial charge in [0, 0.05) is 23.9 Å². The van der Waals surface area contributed by atoms with Crippen LogP contribution in [0.15, 0.2) is 24.3 Å². The summed E-state index contributed by atoms with van der Waals surface area (Å²) in [6.45, 7) is 3.40. The van der Waals surface area contributed by atoms with Gasteiger partial charge in [0.15, 0.2) is 0 Å². The fourth-order valence-corrected chi connectivity index (χ4v) is 2.78. The van der Waals surface area contributed by atoms with E-state index in [1.165, 1.54) is 0 Å². The molecule has 4 nitrogen and oxygen atoms in total. The molecule has 0 fully saturated rings. The first-order valence-corrected chi connectivity index (χ1v) is 6.58. The van der Waals surface area contributed by atoms with Crippen LogP contribution in [0.2, 0.25) is 0 Å². The fourth-order valence-electron chi connectivity index (χ4n) is 2.78. The number of aromatic nitrogens is 1. The highest BCUT2D eigenvalue weighted by atomic mass is 19.1. The van der Waals surface area contributed by atoms with E-state index in [-0.39, 0.29) is 5.91 Å². The van der Waals surface area contributed by atoms with Gasteiger partial charge in [0.25, 0.3) is 0 Å². The van der Waals surface area contributed by atoms with Crippen LogP contribution in [-0.4, -0.2) is 10.5 Å². The monoisotopic (exact) mass is 283 g/mol. The van der Waals surface area contributed by atoms with E-state index < -0.39 is 11.2 Å². The average molecular weight is 283 g/mol. The van der Waals surface area contributed by atoms with Crippen LogP contribution in [0.3, 0.4) is 0 Å². The molecule has 0 bridgehead atoms. The van der Waals surface area contributed by atoms with Crippen molar-refractivity contribution in [2.45, 2.75) is 19.3 Å². The van der Waals surface area contributed by atoms with Gasteiger partial charge in [-0.05, 0) is 38.1 Å². The number of carbonyl (C=O) groups excluding carboxylic acids is 1. The molecule has 1 aromatic heterocycles. The molecule has 1 aliphatic heterocycles. The molecule has 0 unspecified atom stereocenters. The maximum Gasteiger partial charge on any atom is 0.234 e. The molecule has 0 atom stereocenters. The van der Waals surface area contributed by atoms with Crippen LogP contribution in [0.25, 0.3) is 11.3 Å². The van der Waals surface area contributed by atoms with Gasteiger partial charge in [0.2, 0.25) is 5.91 Å². The highest BCUT2D eigenvalue weighted by Gasteiger charge is 2.41. The van der Waals surface area contributed by atoms with Gasteiger partial charge in [-0.25, -0.2) is 4.39 Å². The minimum Gasteiger partial charge on any atom is -0.335 e. The van der Waals surface area contributed by atoms with Crippen molar-refractivity contribution in [2.24, 2.45) is 7.05 Å². The van der Waals surface area contributed by atoms with Crippen molar-refractivity contribution >= 4 is 11.6 Å². The van der Waals surface area contributed by atoms with Gasteiger partial charge >= 0.3 is 0 Å². The molecule has 0 aliphatic carbocycles. The maximum atomic E-state index is 14.9. The number of hydrogen-bond acceptors (Lipinski definition) is 2. The molecular weight excluding hydrogens is 269 g/mol. The summed E-state index contributed by atoms with van der Waals surface area (Å²) in [7, 11) is 1.72. The summed E-state index contributed by atoms with van der Waals surface area (Å²) in [5.41, 5.74) is 1.45. The molecule has 0 spiro atoms. The van der Waals surface area contributed by atoms with Crippen LogP contribution in [0.1, 0.15) is 25.1 Å². The predicted molar refractivity (Wildman–Crippen MR) is 77.2 cm³/mol. The van der Waals surface area contributed by atoms with E-state index in [1.54, 1.807) is 49.7 Å². The molecule has 1 aliphatic rings. The smallest absolute Gasteiger partial charge is 0.234 e. The zero-order valence-corrected chi connectivity index (χ0v) is 12.0. The molecular formula is C16H14FN3O. The summed E-state index contributed by atoms with van der Waals surface area (Å²) in [6.07, 6.45) is 0. The number of carbonyl (C=O) groups is 1. The van der Waals surface area contributed by atoms with Crippen LogP contribution in [0, 0.1) is 17.1 Å². The first-order chi connectivity index (χ1) is 9.87. The third kappa shape index (κ3) is 1.69. The van der Waals surface area contributed by atoms with Gasteiger partial charge in [-0.3, -0.25) is 4.79 Å². The van der Waals surface area contributed by atoms with Crippen LogP contribution in [-0.2, 0) is 17.3 Å². The number of anilines is 1. The molecule has 106 valence electrons. The standard InChI is InChI=1S/C16H14FN3O/c1-16(2)13-11(19-15(16)21)6-5-10(14(13)17)12-7-4-9(8-18)20(12)3/h4-7H,1-3H3,(H,19,21). The van der Waals surface area contributed by atoms with Crippen molar-refractivity contribution in [3.63, 3.8) is 0 Å². The number of fused-ring (bicyclic) bond motifs is 1. The second-order valence-electron chi connectivity index (χ2n) is 5.70. The second-order valence-corrected chi connectivity index (χ2v) is 5.70. The summed E-state index contributed by atoms with van der Waals surface area (Å²) in [5, 5.41) is 11.7. The van der Waals surface area contributed by atoms with Gasteiger partial charge < -0.3 is 9.88 Å².